The van der Waals surface area contributed by atoms with Crippen molar-refractivity contribution in [3.63, 3.8) is 0 Å². The molecule has 2 aliphatic heterocycles. The molecule has 2 atom stereocenters. The maximum atomic E-state index is 10.9. The maximum absolute atomic E-state index is 10.9. The number of hydrogen-bond acceptors (Lipinski definition) is 3. The molecule has 62 valence electrons. The van der Waals surface area contributed by atoms with E-state index in [1.807, 2.05) is 0 Å². The Morgan fingerprint density at radius 1 is 1.45 bits per heavy atom. The maximum Gasteiger partial charge on any atom is 0.234 e. The number of carbonyl (C=O) groups excluding carboxylic acids is 1. The average Bonchev–Trinajstić information content (AvgIpc) is 2.04. The zero-order valence-corrected chi connectivity index (χ0v) is 6.30. The molecule has 0 aliphatic carbocycles. The minimum atomic E-state index is 0.0803. The minimum absolute atomic E-state index is 0.0803. The van der Waals surface area contributed by atoms with Gasteiger partial charge in [0.15, 0.2) is 0 Å². The Bertz CT molecular complexity index is 172. The third-order valence-corrected chi connectivity index (χ3v) is 2.23. The van der Waals surface area contributed by atoms with Gasteiger partial charge in [-0.3, -0.25) is 4.79 Å². The Kier molecular flexibility index (Phi) is 1.79. The Hall–Kier alpha value is -0.610. The summed E-state index contributed by atoms with van der Waals surface area (Å²) in [7, 11) is 0. The summed E-state index contributed by atoms with van der Waals surface area (Å²) >= 11 is 0. The molecule has 11 heavy (non-hydrogen) atoms. The highest BCUT2D eigenvalue weighted by molar-refractivity contribution is 5.79. The van der Waals surface area contributed by atoms with Crippen molar-refractivity contribution in [3.05, 3.63) is 0 Å². The first-order valence-electron chi connectivity index (χ1n) is 3.97. The summed E-state index contributed by atoms with van der Waals surface area (Å²) in [5.74, 6) is 0.0803. The molecule has 0 radical (unpaired) electrons. The molecular weight excluding hydrogens is 144 g/mol. The summed E-state index contributed by atoms with van der Waals surface area (Å²) < 4.78 is 5.23. The van der Waals surface area contributed by atoms with E-state index in [-0.39, 0.29) is 11.9 Å². The second-order valence-corrected chi connectivity index (χ2v) is 3.02. The molecule has 1 amide bonds. The second-order valence-electron chi connectivity index (χ2n) is 3.02. The van der Waals surface area contributed by atoms with Crippen molar-refractivity contribution in [1.82, 2.24) is 10.6 Å². The average molecular weight is 156 g/mol. The van der Waals surface area contributed by atoms with Gasteiger partial charge in [0.05, 0.1) is 19.2 Å². The lowest BCUT2D eigenvalue weighted by Gasteiger charge is -2.36. The van der Waals surface area contributed by atoms with Crippen LogP contribution in [0.1, 0.15) is 6.42 Å². The van der Waals surface area contributed by atoms with Crippen LogP contribution < -0.4 is 10.6 Å². The quantitative estimate of drug-likeness (QED) is 0.466. The van der Waals surface area contributed by atoms with Gasteiger partial charge in [0.2, 0.25) is 5.91 Å². The van der Waals surface area contributed by atoms with E-state index in [9.17, 15) is 4.79 Å². The van der Waals surface area contributed by atoms with E-state index < -0.39 is 0 Å². The van der Waals surface area contributed by atoms with Crippen molar-refractivity contribution in [2.45, 2.75) is 18.5 Å². The smallest absolute Gasteiger partial charge is 0.234 e. The topological polar surface area (TPSA) is 50.4 Å². The highest BCUT2D eigenvalue weighted by Gasteiger charge is 2.30. The molecule has 2 unspecified atom stereocenters. The lowest BCUT2D eigenvalue weighted by atomic mass is 10.0. The molecule has 0 bridgehead atoms. The van der Waals surface area contributed by atoms with E-state index in [0.29, 0.717) is 19.2 Å². The van der Waals surface area contributed by atoms with Gasteiger partial charge in [-0.05, 0) is 6.42 Å². The van der Waals surface area contributed by atoms with Crippen LogP contribution in [-0.2, 0) is 9.53 Å². The van der Waals surface area contributed by atoms with E-state index in [0.717, 1.165) is 13.0 Å². The van der Waals surface area contributed by atoms with Crippen molar-refractivity contribution in [2.75, 3.05) is 19.8 Å². The molecule has 0 aromatic carbocycles. The zero-order valence-electron chi connectivity index (χ0n) is 6.30. The summed E-state index contributed by atoms with van der Waals surface area (Å²) in [4.78, 5) is 10.9. The van der Waals surface area contributed by atoms with Gasteiger partial charge in [-0.2, -0.15) is 0 Å². The highest BCUT2D eigenvalue weighted by atomic mass is 16.5. The van der Waals surface area contributed by atoms with Crippen molar-refractivity contribution in [3.8, 4) is 0 Å². The van der Waals surface area contributed by atoms with Gasteiger partial charge in [-0.1, -0.05) is 0 Å². The molecular formula is C7H12N2O2. The molecule has 4 nitrogen and oxygen atoms in total. The summed E-state index contributed by atoms with van der Waals surface area (Å²) in [6.45, 7) is 1.93. The van der Waals surface area contributed by atoms with Gasteiger partial charge in [-0.15, -0.1) is 0 Å². The van der Waals surface area contributed by atoms with Crippen LogP contribution in [0, 0.1) is 0 Å². The van der Waals surface area contributed by atoms with Gasteiger partial charge in [0, 0.05) is 12.6 Å². The van der Waals surface area contributed by atoms with E-state index in [4.69, 9.17) is 4.74 Å². The van der Waals surface area contributed by atoms with Crippen LogP contribution in [0.15, 0.2) is 0 Å². The number of fused-ring (bicyclic) bond motifs is 1. The monoisotopic (exact) mass is 156 g/mol. The van der Waals surface area contributed by atoms with Crippen LogP contribution in [0.25, 0.3) is 0 Å². The van der Waals surface area contributed by atoms with Gasteiger partial charge >= 0.3 is 0 Å². The van der Waals surface area contributed by atoms with Crippen molar-refractivity contribution in [1.29, 1.82) is 0 Å². The first-order chi connectivity index (χ1) is 5.36. The molecule has 2 heterocycles. The van der Waals surface area contributed by atoms with Gasteiger partial charge in [0.1, 0.15) is 0 Å². The Balaban J connectivity index is 1.98. The molecule has 0 spiro atoms. The van der Waals surface area contributed by atoms with Gasteiger partial charge in [-0.25, -0.2) is 0 Å². The number of rotatable bonds is 0. The summed E-state index contributed by atoms with van der Waals surface area (Å²) in [5, 5.41) is 6.07. The van der Waals surface area contributed by atoms with E-state index in [1.165, 1.54) is 0 Å². The molecule has 2 rings (SSSR count). The largest absolute Gasteiger partial charge is 0.379 e. The van der Waals surface area contributed by atoms with Crippen LogP contribution >= 0.6 is 0 Å². The van der Waals surface area contributed by atoms with Crippen LogP contribution in [0.5, 0.6) is 0 Å². The fraction of sp³-hybridized carbons (Fsp3) is 0.857. The van der Waals surface area contributed by atoms with Crippen molar-refractivity contribution in [2.24, 2.45) is 0 Å². The van der Waals surface area contributed by atoms with Crippen LogP contribution in [0.3, 0.4) is 0 Å². The zero-order chi connectivity index (χ0) is 7.68. The molecule has 0 saturated carbocycles. The number of carbonyl (C=O) groups is 1. The Morgan fingerprint density at radius 3 is 3.27 bits per heavy atom. The van der Waals surface area contributed by atoms with Gasteiger partial charge < -0.3 is 15.4 Å². The number of nitrogens with one attached hydrogen (secondary N) is 2. The normalized spacial score (nSPS) is 37.6. The van der Waals surface area contributed by atoms with Crippen LogP contribution in [0.2, 0.25) is 0 Å². The highest BCUT2D eigenvalue weighted by Crippen LogP contribution is 2.09. The second kappa shape index (κ2) is 2.79. The third-order valence-electron chi connectivity index (χ3n) is 2.23. The molecule has 0 aromatic heterocycles. The predicted octanol–water partition coefficient (Wildman–Crippen LogP) is -1.14. The summed E-state index contributed by atoms with van der Waals surface area (Å²) in [6.07, 6.45) is 1.00. The van der Waals surface area contributed by atoms with Gasteiger partial charge in [0.25, 0.3) is 0 Å². The van der Waals surface area contributed by atoms with E-state index in [1.54, 1.807) is 0 Å². The first-order valence-corrected chi connectivity index (χ1v) is 3.97. The molecule has 2 N–H and O–H groups in total. The molecule has 2 saturated heterocycles. The van der Waals surface area contributed by atoms with E-state index in [2.05, 4.69) is 10.6 Å². The predicted molar refractivity (Wildman–Crippen MR) is 39.2 cm³/mol. The summed E-state index contributed by atoms with van der Waals surface area (Å²) in [6, 6.07) is 0.631. The van der Waals surface area contributed by atoms with Crippen molar-refractivity contribution >= 4 is 5.91 Å². The minimum Gasteiger partial charge on any atom is -0.379 e. The lowest BCUT2D eigenvalue weighted by molar-refractivity contribution is -0.124. The van der Waals surface area contributed by atoms with Crippen molar-refractivity contribution < 1.29 is 9.53 Å². The number of hydrogen-bond donors (Lipinski definition) is 2. The van der Waals surface area contributed by atoms with Crippen LogP contribution in [-0.4, -0.2) is 37.7 Å². The number of amides is 1. The fourth-order valence-electron chi connectivity index (χ4n) is 1.61. The summed E-state index contributed by atoms with van der Waals surface area (Å²) in [5.41, 5.74) is 0. The lowest BCUT2D eigenvalue weighted by Crippen LogP contribution is -2.62. The molecule has 2 aliphatic rings. The third kappa shape index (κ3) is 1.36. The molecule has 0 aromatic rings. The fourth-order valence-corrected chi connectivity index (χ4v) is 1.61. The SMILES string of the molecule is O=C1CNC2CCOCC2N1. The van der Waals surface area contributed by atoms with Crippen LogP contribution in [0.4, 0.5) is 0 Å². The molecule has 2 fully saturated rings. The Labute approximate surface area is 65.3 Å². The first kappa shape index (κ1) is 7.06. The Morgan fingerprint density at radius 2 is 2.36 bits per heavy atom. The molecule has 4 heteroatoms. The number of piperazine rings is 1. The standard InChI is InChI=1S/C7H12N2O2/c10-7-3-8-5-1-2-11-4-6(5)9-7/h5-6,8H,1-4H2,(H,9,10). The van der Waals surface area contributed by atoms with E-state index >= 15 is 0 Å². The number of ether oxygens (including phenoxy) is 1.